The highest BCUT2D eigenvalue weighted by atomic mass is 16.6. The van der Waals surface area contributed by atoms with E-state index < -0.39 is 17.9 Å². The number of hydrogen-bond donors (Lipinski definition) is 0. The van der Waals surface area contributed by atoms with Gasteiger partial charge in [0.2, 0.25) is 0 Å². The van der Waals surface area contributed by atoms with Gasteiger partial charge in [-0.2, -0.15) is 0 Å². The quantitative estimate of drug-likeness (QED) is 0.320. The van der Waals surface area contributed by atoms with E-state index in [0.29, 0.717) is 19.1 Å². The average Bonchev–Trinajstić information content (AvgIpc) is 2.65. The topological polar surface area (TPSA) is 60.4 Å². The summed E-state index contributed by atoms with van der Waals surface area (Å²) in [4.78, 5) is 34.8. The van der Waals surface area contributed by atoms with Crippen LogP contribution in [0.3, 0.4) is 0 Å². The van der Waals surface area contributed by atoms with Crippen LogP contribution in [0.5, 0.6) is 0 Å². The first-order chi connectivity index (χ1) is 12.2. The predicted octanol–water partition coefficient (Wildman–Crippen LogP) is 3.61. The highest BCUT2D eigenvalue weighted by Crippen LogP contribution is 2.15. The molecular weight excluding hydrogens is 316 g/mol. The number of esters is 2. The number of carbonyl (C=O) groups is 3. The van der Waals surface area contributed by atoms with Crippen molar-refractivity contribution in [1.29, 1.82) is 0 Å². The molecule has 1 unspecified atom stereocenters. The maximum Gasteiger partial charge on any atom is 0.338 e. The molecule has 0 fully saturated rings. The summed E-state index contributed by atoms with van der Waals surface area (Å²) in [6, 6.07) is 18.9. The van der Waals surface area contributed by atoms with Crippen molar-refractivity contribution in [3.05, 3.63) is 77.9 Å². The standard InChI is InChI=1S/C21H20O4/c22-16-15-19(13-11-17-7-3-1-4-8-17)21(24)25-20(23)14-12-18-9-5-2-6-10-18/h1-10,12,14,16,19H,11,13,15H2. The molecule has 2 aromatic rings. The second-order valence-corrected chi connectivity index (χ2v) is 5.61. The number of benzene rings is 2. The lowest BCUT2D eigenvalue weighted by atomic mass is 9.97. The molecule has 4 heteroatoms. The first-order valence-corrected chi connectivity index (χ1v) is 8.15. The van der Waals surface area contributed by atoms with Crippen LogP contribution < -0.4 is 0 Å². The summed E-state index contributed by atoms with van der Waals surface area (Å²) >= 11 is 0. The Balaban J connectivity index is 1.89. The van der Waals surface area contributed by atoms with Crippen LogP contribution in [-0.2, 0) is 25.5 Å². The van der Waals surface area contributed by atoms with Gasteiger partial charge in [-0.15, -0.1) is 0 Å². The van der Waals surface area contributed by atoms with Gasteiger partial charge in [-0.25, -0.2) is 4.79 Å². The van der Waals surface area contributed by atoms with Crippen LogP contribution in [0.25, 0.3) is 6.08 Å². The first-order valence-electron chi connectivity index (χ1n) is 8.15. The highest BCUT2D eigenvalue weighted by molar-refractivity contribution is 5.95. The fraction of sp³-hybridized carbons (Fsp3) is 0.190. The Kier molecular flexibility index (Phi) is 7.32. The molecular formula is C21H20O4. The monoisotopic (exact) mass is 336 g/mol. The van der Waals surface area contributed by atoms with Gasteiger partial charge in [0.05, 0.1) is 5.92 Å². The minimum absolute atomic E-state index is 0.0430. The van der Waals surface area contributed by atoms with Gasteiger partial charge in [-0.3, -0.25) is 4.79 Å². The van der Waals surface area contributed by atoms with Gasteiger partial charge in [0.15, 0.2) is 0 Å². The number of ether oxygens (including phenoxy) is 1. The van der Waals surface area contributed by atoms with E-state index in [1.54, 1.807) is 6.08 Å². The molecule has 0 radical (unpaired) electrons. The van der Waals surface area contributed by atoms with E-state index >= 15 is 0 Å². The zero-order chi connectivity index (χ0) is 17.9. The highest BCUT2D eigenvalue weighted by Gasteiger charge is 2.21. The van der Waals surface area contributed by atoms with Crippen LogP contribution in [0.2, 0.25) is 0 Å². The third-order valence-electron chi connectivity index (χ3n) is 3.75. The van der Waals surface area contributed by atoms with E-state index in [4.69, 9.17) is 4.74 Å². The molecule has 0 N–H and O–H groups in total. The van der Waals surface area contributed by atoms with Crippen LogP contribution in [-0.4, -0.2) is 18.2 Å². The third-order valence-corrected chi connectivity index (χ3v) is 3.75. The van der Waals surface area contributed by atoms with Crippen molar-refractivity contribution in [3.63, 3.8) is 0 Å². The Labute approximate surface area is 147 Å². The van der Waals surface area contributed by atoms with Crippen molar-refractivity contribution < 1.29 is 19.1 Å². The lowest BCUT2D eigenvalue weighted by Crippen LogP contribution is -2.21. The molecule has 2 aromatic carbocycles. The van der Waals surface area contributed by atoms with E-state index in [9.17, 15) is 14.4 Å². The first kappa shape index (κ1) is 18.3. The van der Waals surface area contributed by atoms with Gasteiger partial charge in [0.25, 0.3) is 0 Å². The van der Waals surface area contributed by atoms with Gasteiger partial charge < -0.3 is 9.53 Å². The van der Waals surface area contributed by atoms with E-state index in [-0.39, 0.29) is 6.42 Å². The Morgan fingerprint density at radius 3 is 2.24 bits per heavy atom. The Morgan fingerprint density at radius 2 is 1.60 bits per heavy atom. The molecule has 25 heavy (non-hydrogen) atoms. The summed E-state index contributed by atoms with van der Waals surface area (Å²) in [5.41, 5.74) is 1.90. The van der Waals surface area contributed by atoms with E-state index in [1.807, 2.05) is 60.7 Å². The average molecular weight is 336 g/mol. The molecule has 0 aliphatic carbocycles. The molecule has 0 aliphatic rings. The van der Waals surface area contributed by atoms with Crippen LogP contribution in [0.15, 0.2) is 66.7 Å². The van der Waals surface area contributed by atoms with Crippen LogP contribution in [0, 0.1) is 5.92 Å². The fourth-order valence-electron chi connectivity index (χ4n) is 2.38. The molecule has 0 heterocycles. The molecule has 0 saturated heterocycles. The largest absolute Gasteiger partial charge is 0.390 e. The summed E-state index contributed by atoms with van der Waals surface area (Å²) in [6.07, 6.45) is 4.61. The molecule has 0 aliphatic heterocycles. The minimum atomic E-state index is -0.732. The second-order valence-electron chi connectivity index (χ2n) is 5.61. The minimum Gasteiger partial charge on any atom is -0.390 e. The molecule has 2 rings (SSSR count). The summed E-state index contributed by atoms with van der Waals surface area (Å²) in [5.74, 6) is -2.01. The van der Waals surface area contributed by atoms with Gasteiger partial charge in [-0.1, -0.05) is 60.7 Å². The molecule has 1 atom stereocenters. The molecule has 0 amide bonds. The summed E-state index contributed by atoms with van der Waals surface area (Å²) < 4.78 is 4.85. The summed E-state index contributed by atoms with van der Waals surface area (Å²) in [6.45, 7) is 0. The van der Waals surface area contributed by atoms with E-state index in [2.05, 4.69) is 0 Å². The van der Waals surface area contributed by atoms with Gasteiger partial charge >= 0.3 is 11.9 Å². The maximum absolute atomic E-state index is 12.1. The smallest absolute Gasteiger partial charge is 0.338 e. The number of carbonyl (C=O) groups excluding carboxylic acids is 3. The number of aldehydes is 1. The molecule has 0 saturated carbocycles. The van der Waals surface area contributed by atoms with Crippen molar-refractivity contribution in [2.45, 2.75) is 19.3 Å². The lowest BCUT2D eigenvalue weighted by Gasteiger charge is -2.12. The van der Waals surface area contributed by atoms with Gasteiger partial charge in [0.1, 0.15) is 6.29 Å². The molecule has 0 spiro atoms. The SMILES string of the molecule is O=CCC(CCc1ccccc1)C(=O)OC(=O)C=Cc1ccccc1. The predicted molar refractivity (Wildman–Crippen MR) is 95.5 cm³/mol. The number of hydrogen-bond acceptors (Lipinski definition) is 4. The van der Waals surface area contributed by atoms with Crippen molar-refractivity contribution in [3.8, 4) is 0 Å². The van der Waals surface area contributed by atoms with Crippen molar-refractivity contribution in [2.24, 2.45) is 5.92 Å². The normalized spacial score (nSPS) is 11.8. The Bertz CT molecular complexity index is 720. The summed E-state index contributed by atoms with van der Waals surface area (Å²) in [7, 11) is 0. The zero-order valence-electron chi connectivity index (χ0n) is 13.8. The number of rotatable bonds is 8. The summed E-state index contributed by atoms with van der Waals surface area (Å²) in [5, 5.41) is 0. The van der Waals surface area contributed by atoms with Crippen molar-refractivity contribution >= 4 is 24.3 Å². The van der Waals surface area contributed by atoms with Crippen LogP contribution in [0.1, 0.15) is 24.0 Å². The van der Waals surface area contributed by atoms with E-state index in [0.717, 1.165) is 11.1 Å². The van der Waals surface area contributed by atoms with Crippen LogP contribution >= 0.6 is 0 Å². The molecule has 0 aromatic heterocycles. The molecule has 4 nitrogen and oxygen atoms in total. The zero-order valence-corrected chi connectivity index (χ0v) is 13.8. The van der Waals surface area contributed by atoms with Gasteiger partial charge in [0, 0.05) is 12.5 Å². The van der Waals surface area contributed by atoms with E-state index in [1.165, 1.54) is 6.08 Å². The Hall–Kier alpha value is -3.01. The molecule has 128 valence electrons. The lowest BCUT2D eigenvalue weighted by molar-refractivity contribution is -0.160. The fourth-order valence-corrected chi connectivity index (χ4v) is 2.38. The maximum atomic E-state index is 12.1. The molecule has 0 bridgehead atoms. The Morgan fingerprint density at radius 1 is 0.960 bits per heavy atom. The third kappa shape index (κ3) is 6.55. The van der Waals surface area contributed by atoms with Gasteiger partial charge in [-0.05, 0) is 30.0 Å². The van der Waals surface area contributed by atoms with Crippen molar-refractivity contribution in [2.75, 3.05) is 0 Å². The number of aryl methyl sites for hydroxylation is 1. The second kappa shape index (κ2) is 9.98. The van der Waals surface area contributed by atoms with Crippen LogP contribution in [0.4, 0.5) is 0 Å². The van der Waals surface area contributed by atoms with Crippen molar-refractivity contribution in [1.82, 2.24) is 0 Å².